The summed E-state index contributed by atoms with van der Waals surface area (Å²) in [5, 5.41) is 11.6. The number of H-pyrrole nitrogens is 2. The van der Waals surface area contributed by atoms with Crippen LogP contribution in [0.4, 0.5) is 10.1 Å². The van der Waals surface area contributed by atoms with Gasteiger partial charge in [-0.3, -0.25) is 14.9 Å². The van der Waals surface area contributed by atoms with Crippen LogP contribution in [-0.4, -0.2) is 36.0 Å². The number of aromatic amines is 2. The molecule has 7 rings (SSSR count). The minimum absolute atomic E-state index is 0.0434. The number of pyridine rings is 2. The number of amides is 1. The first-order chi connectivity index (χ1) is 20.1. The molecule has 4 heterocycles. The van der Waals surface area contributed by atoms with Crippen molar-refractivity contribution >= 4 is 33.7 Å². The van der Waals surface area contributed by atoms with Gasteiger partial charge in [-0.05, 0) is 66.3 Å². The Morgan fingerprint density at radius 1 is 0.951 bits per heavy atom. The average molecular weight is 546 g/mol. The fraction of sp³-hybridized carbons (Fsp3) is 0.219. The molecule has 0 atom stereocenters. The van der Waals surface area contributed by atoms with Crippen LogP contribution in [0.15, 0.2) is 73.2 Å². The molecule has 9 heteroatoms. The van der Waals surface area contributed by atoms with E-state index in [9.17, 15) is 9.18 Å². The fourth-order valence-electron chi connectivity index (χ4n) is 5.80. The summed E-state index contributed by atoms with van der Waals surface area (Å²) in [6.45, 7) is 0. The molecule has 1 aliphatic carbocycles. The maximum Gasteiger partial charge on any atom is 0.224 e. The van der Waals surface area contributed by atoms with Gasteiger partial charge in [-0.15, -0.1) is 0 Å². The molecular weight excluding hydrogens is 517 g/mol. The second-order valence-electron chi connectivity index (χ2n) is 10.7. The van der Waals surface area contributed by atoms with E-state index in [-0.39, 0.29) is 11.7 Å². The van der Waals surface area contributed by atoms with E-state index in [1.165, 1.54) is 31.4 Å². The first-order valence-corrected chi connectivity index (χ1v) is 14.0. The van der Waals surface area contributed by atoms with Gasteiger partial charge in [0.25, 0.3) is 0 Å². The van der Waals surface area contributed by atoms with E-state index in [2.05, 4.69) is 30.5 Å². The number of nitrogens with zero attached hydrogens (tertiary/aromatic N) is 4. The Kier molecular flexibility index (Phi) is 6.47. The molecule has 0 spiro atoms. The van der Waals surface area contributed by atoms with Gasteiger partial charge in [-0.25, -0.2) is 14.4 Å². The van der Waals surface area contributed by atoms with Gasteiger partial charge in [0.05, 0.1) is 22.9 Å². The molecule has 0 unspecified atom stereocenters. The van der Waals surface area contributed by atoms with Gasteiger partial charge in [0, 0.05) is 35.3 Å². The molecule has 0 bridgehead atoms. The minimum atomic E-state index is -0.286. The summed E-state index contributed by atoms with van der Waals surface area (Å²) in [6, 6.07) is 16.2. The lowest BCUT2D eigenvalue weighted by atomic mass is 9.87. The lowest BCUT2D eigenvalue weighted by molar-refractivity contribution is -0.117. The van der Waals surface area contributed by atoms with Crippen LogP contribution in [0.1, 0.15) is 38.5 Å². The van der Waals surface area contributed by atoms with Crippen molar-refractivity contribution in [1.82, 2.24) is 30.1 Å². The standard InChI is InChI=1S/C32H28FN7O/c33-23-9-6-20(7-10-23)25-12-13-35-31-29(25)37-32(38-31)30-26-16-21(8-11-27(26)39-40-30)22-15-24(18-34-17-22)36-28(41)14-19-4-2-1-3-5-19/h6-13,15-19H,1-5,14H2,(H,36,41)(H,39,40)(H,35,37,38). The first-order valence-electron chi connectivity index (χ1n) is 14.0. The lowest BCUT2D eigenvalue weighted by Gasteiger charge is -2.20. The van der Waals surface area contributed by atoms with Crippen molar-refractivity contribution in [2.45, 2.75) is 38.5 Å². The number of anilines is 1. The summed E-state index contributed by atoms with van der Waals surface area (Å²) in [5.41, 5.74) is 7.08. The molecule has 41 heavy (non-hydrogen) atoms. The minimum Gasteiger partial charge on any atom is -0.335 e. The highest BCUT2D eigenvalue weighted by molar-refractivity contribution is 5.98. The van der Waals surface area contributed by atoms with Gasteiger partial charge in [0.1, 0.15) is 11.5 Å². The number of benzene rings is 2. The molecule has 3 N–H and O–H groups in total. The maximum absolute atomic E-state index is 13.5. The molecule has 1 saturated carbocycles. The number of aromatic nitrogens is 6. The zero-order chi connectivity index (χ0) is 27.8. The quantitative estimate of drug-likeness (QED) is 0.204. The summed E-state index contributed by atoms with van der Waals surface area (Å²) < 4.78 is 13.5. The molecule has 1 aliphatic rings. The lowest BCUT2D eigenvalue weighted by Crippen LogP contribution is -2.18. The average Bonchev–Trinajstić information content (AvgIpc) is 3.62. The van der Waals surface area contributed by atoms with Crippen LogP contribution in [0, 0.1) is 11.7 Å². The van der Waals surface area contributed by atoms with Crippen LogP contribution in [0.25, 0.3) is 55.8 Å². The number of fused-ring (bicyclic) bond motifs is 2. The topological polar surface area (TPSA) is 112 Å². The number of rotatable bonds is 6. The Bertz CT molecular complexity index is 1870. The second kappa shape index (κ2) is 10.6. The Morgan fingerprint density at radius 3 is 2.63 bits per heavy atom. The molecule has 6 aromatic rings. The molecule has 2 aromatic carbocycles. The largest absolute Gasteiger partial charge is 0.335 e. The predicted octanol–water partition coefficient (Wildman–Crippen LogP) is 7.28. The number of hydrogen-bond acceptors (Lipinski definition) is 5. The van der Waals surface area contributed by atoms with Crippen LogP contribution >= 0.6 is 0 Å². The number of hydrogen-bond donors (Lipinski definition) is 3. The third-order valence-electron chi connectivity index (χ3n) is 7.89. The van der Waals surface area contributed by atoms with Crippen molar-refractivity contribution in [2.75, 3.05) is 5.32 Å². The zero-order valence-electron chi connectivity index (χ0n) is 22.3. The highest BCUT2D eigenvalue weighted by Crippen LogP contribution is 2.33. The maximum atomic E-state index is 13.5. The van der Waals surface area contributed by atoms with Gasteiger partial charge in [-0.2, -0.15) is 5.10 Å². The van der Waals surface area contributed by atoms with Crippen molar-refractivity contribution in [3.63, 3.8) is 0 Å². The molecule has 0 saturated heterocycles. The Labute approximate surface area is 235 Å². The van der Waals surface area contributed by atoms with Gasteiger partial charge < -0.3 is 10.3 Å². The van der Waals surface area contributed by atoms with E-state index in [1.54, 1.807) is 30.7 Å². The van der Waals surface area contributed by atoms with Crippen LogP contribution in [0.3, 0.4) is 0 Å². The van der Waals surface area contributed by atoms with Gasteiger partial charge in [-0.1, -0.05) is 37.5 Å². The van der Waals surface area contributed by atoms with Crippen LogP contribution in [-0.2, 0) is 4.79 Å². The highest BCUT2D eigenvalue weighted by atomic mass is 19.1. The van der Waals surface area contributed by atoms with Crippen molar-refractivity contribution < 1.29 is 9.18 Å². The van der Waals surface area contributed by atoms with Crippen LogP contribution in [0.5, 0.6) is 0 Å². The number of imidazole rings is 1. The molecule has 204 valence electrons. The van der Waals surface area contributed by atoms with Crippen molar-refractivity contribution in [3.8, 4) is 33.8 Å². The molecule has 4 aromatic heterocycles. The molecule has 0 aliphatic heterocycles. The van der Waals surface area contributed by atoms with E-state index in [0.29, 0.717) is 35.2 Å². The van der Waals surface area contributed by atoms with Crippen LogP contribution < -0.4 is 5.32 Å². The Hall–Kier alpha value is -4.92. The molecule has 8 nitrogen and oxygen atoms in total. The van der Waals surface area contributed by atoms with E-state index in [4.69, 9.17) is 4.98 Å². The molecule has 1 amide bonds. The first kappa shape index (κ1) is 25.1. The zero-order valence-corrected chi connectivity index (χ0v) is 22.3. The third-order valence-corrected chi connectivity index (χ3v) is 7.89. The van der Waals surface area contributed by atoms with E-state index >= 15 is 0 Å². The summed E-state index contributed by atoms with van der Waals surface area (Å²) in [7, 11) is 0. The summed E-state index contributed by atoms with van der Waals surface area (Å²) in [6.07, 6.45) is 11.7. The Balaban J connectivity index is 1.19. The van der Waals surface area contributed by atoms with Gasteiger partial charge >= 0.3 is 0 Å². The molecule has 0 radical (unpaired) electrons. The van der Waals surface area contributed by atoms with Crippen molar-refractivity contribution in [2.24, 2.45) is 5.92 Å². The van der Waals surface area contributed by atoms with Gasteiger partial charge in [0.15, 0.2) is 11.5 Å². The monoisotopic (exact) mass is 545 g/mol. The molecular formula is C32H28FN7O. The van der Waals surface area contributed by atoms with E-state index < -0.39 is 0 Å². The second-order valence-corrected chi connectivity index (χ2v) is 10.7. The van der Waals surface area contributed by atoms with Crippen molar-refractivity contribution in [1.29, 1.82) is 0 Å². The van der Waals surface area contributed by atoms with E-state index in [0.717, 1.165) is 51.5 Å². The number of carbonyl (C=O) groups is 1. The fourth-order valence-corrected chi connectivity index (χ4v) is 5.80. The van der Waals surface area contributed by atoms with Crippen LogP contribution in [0.2, 0.25) is 0 Å². The summed E-state index contributed by atoms with van der Waals surface area (Å²) in [4.78, 5) is 29.6. The summed E-state index contributed by atoms with van der Waals surface area (Å²) >= 11 is 0. The SMILES string of the molecule is O=C(CC1CCCCC1)Nc1cncc(-c2ccc3[nH]nc(-c4nc5nccc(-c6ccc(F)cc6)c5[nH]4)c3c2)c1. The molecule has 1 fully saturated rings. The van der Waals surface area contributed by atoms with E-state index in [1.807, 2.05) is 30.3 Å². The predicted molar refractivity (Wildman–Crippen MR) is 157 cm³/mol. The number of carbonyl (C=O) groups excluding carboxylic acids is 1. The third kappa shape index (κ3) is 5.06. The number of nitrogens with one attached hydrogen (secondary N) is 3. The van der Waals surface area contributed by atoms with Gasteiger partial charge in [0.2, 0.25) is 5.91 Å². The normalized spacial score (nSPS) is 14.1. The number of halogens is 1. The highest BCUT2D eigenvalue weighted by Gasteiger charge is 2.18. The Morgan fingerprint density at radius 2 is 1.78 bits per heavy atom. The summed E-state index contributed by atoms with van der Waals surface area (Å²) in [5.74, 6) is 0.807. The van der Waals surface area contributed by atoms with Crippen molar-refractivity contribution in [3.05, 3.63) is 79.0 Å². The smallest absolute Gasteiger partial charge is 0.224 e.